The highest BCUT2D eigenvalue weighted by Gasteiger charge is 2.32. The van der Waals surface area contributed by atoms with Crippen molar-refractivity contribution in [3.63, 3.8) is 0 Å². The summed E-state index contributed by atoms with van der Waals surface area (Å²) >= 11 is 0. The van der Waals surface area contributed by atoms with Crippen LogP contribution in [-0.4, -0.2) is 23.5 Å². The van der Waals surface area contributed by atoms with Crippen molar-refractivity contribution in [3.05, 3.63) is 0 Å². The normalized spacial score (nSPS) is 14.0. The Bertz CT molecular complexity index is 397. The molecular weight excluding hydrogens is 266 g/mol. The summed E-state index contributed by atoms with van der Waals surface area (Å²) in [4.78, 5) is 36.4. The van der Waals surface area contributed by atoms with E-state index >= 15 is 0 Å². The van der Waals surface area contributed by atoms with Gasteiger partial charge < -0.3 is 5.32 Å². The Kier molecular flexibility index (Phi) is 6.78. The van der Waals surface area contributed by atoms with Crippen LogP contribution in [0.25, 0.3) is 0 Å². The molecule has 1 N–H and O–H groups in total. The minimum absolute atomic E-state index is 0.0294. The van der Waals surface area contributed by atoms with Gasteiger partial charge in [-0.3, -0.25) is 14.4 Å². The average molecular weight is 297 g/mol. The summed E-state index contributed by atoms with van der Waals surface area (Å²) in [7, 11) is 0. The maximum Gasteiger partial charge on any atom is 0.223 e. The van der Waals surface area contributed by atoms with E-state index in [4.69, 9.17) is 0 Å². The molecule has 21 heavy (non-hydrogen) atoms. The van der Waals surface area contributed by atoms with Gasteiger partial charge in [0.2, 0.25) is 5.91 Å². The van der Waals surface area contributed by atoms with E-state index in [1.54, 1.807) is 13.8 Å². The lowest BCUT2D eigenvalue weighted by Crippen LogP contribution is -2.47. The van der Waals surface area contributed by atoms with Gasteiger partial charge in [-0.2, -0.15) is 0 Å². The minimum Gasteiger partial charge on any atom is -0.346 e. The largest absolute Gasteiger partial charge is 0.346 e. The molecule has 0 heterocycles. The van der Waals surface area contributed by atoms with Crippen molar-refractivity contribution in [3.8, 4) is 0 Å². The Morgan fingerprint density at radius 1 is 0.905 bits per heavy atom. The molecule has 0 fully saturated rings. The van der Waals surface area contributed by atoms with Crippen molar-refractivity contribution in [1.29, 1.82) is 0 Å². The van der Waals surface area contributed by atoms with Crippen LogP contribution in [0.15, 0.2) is 0 Å². The Hall–Kier alpha value is -1.19. The molecule has 4 nitrogen and oxygen atoms in total. The third-order valence-corrected chi connectivity index (χ3v) is 3.39. The van der Waals surface area contributed by atoms with E-state index in [2.05, 4.69) is 5.32 Å². The number of carbonyl (C=O) groups is 3. The molecule has 0 bridgehead atoms. The predicted molar refractivity (Wildman–Crippen MR) is 84.9 cm³/mol. The standard InChI is InChI=1S/C17H31NO3/c1-11(2)15(21)18-12(14(20)17(6,7)8)9-10-13(19)16(3,4)5/h11-12H,9-10H2,1-8H3,(H,18,21). The summed E-state index contributed by atoms with van der Waals surface area (Å²) in [5, 5.41) is 2.79. The lowest BCUT2D eigenvalue weighted by Gasteiger charge is -2.27. The maximum atomic E-state index is 12.5. The molecule has 0 aliphatic rings. The first-order valence-corrected chi connectivity index (χ1v) is 7.64. The van der Waals surface area contributed by atoms with Crippen LogP contribution in [0.4, 0.5) is 0 Å². The van der Waals surface area contributed by atoms with E-state index in [-0.39, 0.29) is 23.4 Å². The summed E-state index contributed by atoms with van der Waals surface area (Å²) < 4.78 is 0. The highest BCUT2D eigenvalue weighted by Crippen LogP contribution is 2.22. The van der Waals surface area contributed by atoms with Gasteiger partial charge in [0.25, 0.3) is 0 Å². The summed E-state index contributed by atoms with van der Waals surface area (Å²) in [5.41, 5.74) is -0.961. The second-order valence-electron chi connectivity index (χ2n) is 8.04. The van der Waals surface area contributed by atoms with Gasteiger partial charge in [-0.15, -0.1) is 0 Å². The number of hydrogen-bond donors (Lipinski definition) is 1. The SMILES string of the molecule is CC(C)C(=O)NC(CCC(=O)C(C)(C)C)C(=O)C(C)(C)C. The third kappa shape index (κ3) is 6.87. The predicted octanol–water partition coefficient (Wildman–Crippen LogP) is 3.14. The van der Waals surface area contributed by atoms with Crippen molar-refractivity contribution in [1.82, 2.24) is 5.32 Å². The van der Waals surface area contributed by atoms with Crippen molar-refractivity contribution in [2.45, 2.75) is 74.3 Å². The Morgan fingerprint density at radius 3 is 1.71 bits per heavy atom. The van der Waals surface area contributed by atoms with Crippen LogP contribution < -0.4 is 5.32 Å². The fourth-order valence-corrected chi connectivity index (χ4v) is 1.78. The van der Waals surface area contributed by atoms with E-state index in [9.17, 15) is 14.4 Å². The highest BCUT2D eigenvalue weighted by molar-refractivity contribution is 5.93. The van der Waals surface area contributed by atoms with E-state index in [0.29, 0.717) is 12.8 Å². The number of hydrogen-bond acceptors (Lipinski definition) is 3. The first-order valence-electron chi connectivity index (χ1n) is 7.64. The molecule has 122 valence electrons. The zero-order valence-electron chi connectivity index (χ0n) is 14.8. The highest BCUT2D eigenvalue weighted by atomic mass is 16.2. The van der Waals surface area contributed by atoms with Crippen molar-refractivity contribution in [2.24, 2.45) is 16.7 Å². The van der Waals surface area contributed by atoms with Gasteiger partial charge in [0.05, 0.1) is 6.04 Å². The number of carbonyl (C=O) groups excluding carboxylic acids is 3. The minimum atomic E-state index is -0.591. The molecule has 0 rings (SSSR count). The molecular formula is C17H31NO3. The van der Waals surface area contributed by atoms with Gasteiger partial charge >= 0.3 is 0 Å². The Labute approximate surface area is 129 Å². The molecule has 4 heteroatoms. The Balaban J connectivity index is 4.95. The molecule has 0 spiro atoms. The first kappa shape index (κ1) is 19.8. The molecule has 0 radical (unpaired) electrons. The zero-order valence-corrected chi connectivity index (χ0v) is 14.8. The van der Waals surface area contributed by atoms with E-state index in [0.717, 1.165) is 0 Å². The molecule has 0 aromatic rings. The Morgan fingerprint density at radius 2 is 1.38 bits per heavy atom. The van der Waals surface area contributed by atoms with Crippen molar-refractivity contribution >= 4 is 17.5 Å². The van der Waals surface area contributed by atoms with Crippen LogP contribution in [0, 0.1) is 16.7 Å². The molecule has 0 saturated heterocycles. The first-order chi connectivity index (χ1) is 9.26. The number of amides is 1. The van der Waals surface area contributed by atoms with Crippen molar-refractivity contribution < 1.29 is 14.4 Å². The van der Waals surface area contributed by atoms with Crippen LogP contribution in [0.1, 0.15) is 68.2 Å². The molecule has 0 aliphatic heterocycles. The van der Waals surface area contributed by atoms with Gasteiger partial charge in [0, 0.05) is 23.2 Å². The van der Waals surface area contributed by atoms with Crippen molar-refractivity contribution in [2.75, 3.05) is 0 Å². The topological polar surface area (TPSA) is 63.2 Å². The number of Topliss-reactive ketones (excluding diaryl/α,β-unsaturated/α-hetero) is 2. The van der Waals surface area contributed by atoms with Crippen LogP contribution in [0.5, 0.6) is 0 Å². The number of ketones is 2. The molecule has 1 unspecified atom stereocenters. The van der Waals surface area contributed by atoms with E-state index in [1.807, 2.05) is 41.5 Å². The fourth-order valence-electron chi connectivity index (χ4n) is 1.78. The second-order valence-corrected chi connectivity index (χ2v) is 8.04. The van der Waals surface area contributed by atoms with Gasteiger partial charge in [0.1, 0.15) is 5.78 Å². The second kappa shape index (κ2) is 7.19. The van der Waals surface area contributed by atoms with Gasteiger partial charge in [-0.05, 0) is 6.42 Å². The van der Waals surface area contributed by atoms with Gasteiger partial charge in [-0.1, -0.05) is 55.4 Å². The zero-order chi connectivity index (χ0) is 17.0. The van der Waals surface area contributed by atoms with Crippen LogP contribution in [-0.2, 0) is 14.4 Å². The molecule has 0 aliphatic carbocycles. The monoisotopic (exact) mass is 297 g/mol. The molecule has 0 saturated carbocycles. The van der Waals surface area contributed by atoms with Gasteiger partial charge in [0.15, 0.2) is 5.78 Å². The summed E-state index contributed by atoms with van der Waals surface area (Å²) in [6.45, 7) is 14.6. The molecule has 1 atom stereocenters. The maximum absolute atomic E-state index is 12.5. The molecule has 0 aromatic heterocycles. The quantitative estimate of drug-likeness (QED) is 0.819. The average Bonchev–Trinajstić information content (AvgIpc) is 2.30. The van der Waals surface area contributed by atoms with Gasteiger partial charge in [-0.25, -0.2) is 0 Å². The molecule has 0 aromatic carbocycles. The molecule has 1 amide bonds. The van der Waals surface area contributed by atoms with Crippen LogP contribution >= 0.6 is 0 Å². The third-order valence-electron chi connectivity index (χ3n) is 3.39. The van der Waals surface area contributed by atoms with Crippen LogP contribution in [0.3, 0.4) is 0 Å². The number of rotatable bonds is 6. The number of nitrogens with one attached hydrogen (secondary N) is 1. The lowest BCUT2D eigenvalue weighted by atomic mass is 9.82. The smallest absolute Gasteiger partial charge is 0.223 e. The fraction of sp³-hybridized carbons (Fsp3) is 0.824. The van der Waals surface area contributed by atoms with Crippen LogP contribution in [0.2, 0.25) is 0 Å². The van der Waals surface area contributed by atoms with E-state index < -0.39 is 16.9 Å². The summed E-state index contributed by atoms with van der Waals surface area (Å²) in [6.07, 6.45) is 0.666. The van der Waals surface area contributed by atoms with E-state index in [1.165, 1.54) is 0 Å². The lowest BCUT2D eigenvalue weighted by molar-refractivity contribution is -0.134. The summed E-state index contributed by atoms with van der Waals surface area (Å²) in [5.74, 6) is -0.259. The summed E-state index contributed by atoms with van der Waals surface area (Å²) in [6, 6.07) is -0.591.